The van der Waals surface area contributed by atoms with Gasteiger partial charge in [-0.25, -0.2) is 15.0 Å². The van der Waals surface area contributed by atoms with Crippen LogP contribution in [-0.2, 0) is 0 Å². The lowest BCUT2D eigenvalue weighted by Crippen LogP contribution is -2.00. The number of aromatic nitrogens is 3. The summed E-state index contributed by atoms with van der Waals surface area (Å²) >= 11 is 0. The van der Waals surface area contributed by atoms with Gasteiger partial charge in [0.1, 0.15) is 11.2 Å². The van der Waals surface area contributed by atoms with E-state index in [4.69, 9.17) is 19.4 Å². The van der Waals surface area contributed by atoms with Crippen molar-refractivity contribution in [2.45, 2.75) is 0 Å². The molecule has 47 heavy (non-hydrogen) atoms. The number of hydrogen-bond acceptors (Lipinski definition) is 6. The molecule has 0 fully saturated rings. The van der Waals surface area contributed by atoms with Crippen LogP contribution in [0.3, 0.4) is 0 Å². The van der Waals surface area contributed by atoms with Gasteiger partial charge in [-0.05, 0) is 71.3 Å². The highest BCUT2D eigenvalue weighted by molar-refractivity contribution is 6.12. The van der Waals surface area contributed by atoms with Gasteiger partial charge >= 0.3 is 0 Å². The predicted molar refractivity (Wildman–Crippen MR) is 184 cm³/mol. The zero-order valence-corrected chi connectivity index (χ0v) is 24.9. The van der Waals surface area contributed by atoms with Crippen molar-refractivity contribution in [3.8, 4) is 68.6 Å². The Morgan fingerprint density at radius 3 is 1.47 bits per heavy atom. The molecule has 0 aliphatic heterocycles. The SMILES string of the molecule is N#Cc1ccc(-c2cc(-c3ccc(C#N)cc3)c3oc4ccc(-c5nc(-c6ccccc6)nc(-c6ccccc6)n5)cc4c3c2)cc1. The van der Waals surface area contributed by atoms with Crippen molar-refractivity contribution in [2.24, 2.45) is 0 Å². The van der Waals surface area contributed by atoms with Crippen LogP contribution in [0.5, 0.6) is 0 Å². The molecular weight excluding hydrogens is 578 g/mol. The maximum absolute atomic E-state index is 9.38. The molecule has 6 aromatic carbocycles. The quantitative estimate of drug-likeness (QED) is 0.195. The Balaban J connectivity index is 1.35. The van der Waals surface area contributed by atoms with Crippen LogP contribution in [0.1, 0.15) is 11.1 Å². The monoisotopic (exact) mass is 601 g/mol. The van der Waals surface area contributed by atoms with Gasteiger partial charge in [-0.2, -0.15) is 10.5 Å². The molecule has 218 valence electrons. The molecule has 0 bridgehead atoms. The van der Waals surface area contributed by atoms with Crippen molar-refractivity contribution in [1.82, 2.24) is 15.0 Å². The molecule has 0 spiro atoms. The van der Waals surface area contributed by atoms with Crippen LogP contribution in [0, 0.1) is 22.7 Å². The number of benzene rings is 6. The third kappa shape index (κ3) is 5.17. The van der Waals surface area contributed by atoms with E-state index in [1.807, 2.05) is 121 Å². The van der Waals surface area contributed by atoms with Crippen LogP contribution in [0.25, 0.3) is 78.4 Å². The van der Waals surface area contributed by atoms with Gasteiger partial charge in [0.15, 0.2) is 17.5 Å². The second-order valence-corrected chi connectivity index (χ2v) is 11.1. The van der Waals surface area contributed by atoms with E-state index < -0.39 is 0 Å². The first-order valence-electron chi connectivity index (χ1n) is 15.1. The second-order valence-electron chi connectivity index (χ2n) is 11.1. The highest BCUT2D eigenvalue weighted by atomic mass is 16.3. The van der Waals surface area contributed by atoms with Crippen LogP contribution < -0.4 is 0 Å². The summed E-state index contributed by atoms with van der Waals surface area (Å²) in [6.07, 6.45) is 0. The Labute approximate surface area is 270 Å². The molecule has 2 heterocycles. The minimum absolute atomic E-state index is 0.560. The first-order chi connectivity index (χ1) is 23.2. The maximum Gasteiger partial charge on any atom is 0.164 e. The molecule has 0 N–H and O–H groups in total. The summed E-state index contributed by atoms with van der Waals surface area (Å²) in [6.45, 7) is 0. The van der Waals surface area contributed by atoms with Gasteiger partial charge in [-0.1, -0.05) is 84.9 Å². The first-order valence-corrected chi connectivity index (χ1v) is 15.1. The molecule has 6 heteroatoms. The van der Waals surface area contributed by atoms with Crippen LogP contribution in [-0.4, -0.2) is 15.0 Å². The van der Waals surface area contributed by atoms with Crippen molar-refractivity contribution in [2.75, 3.05) is 0 Å². The Kier molecular flexibility index (Phi) is 6.80. The zero-order chi connectivity index (χ0) is 31.7. The average Bonchev–Trinajstić information content (AvgIpc) is 3.53. The normalized spacial score (nSPS) is 10.9. The first kappa shape index (κ1) is 27.6. The molecule has 0 atom stereocenters. The van der Waals surface area contributed by atoms with E-state index >= 15 is 0 Å². The predicted octanol–water partition coefficient (Wildman–Crippen LogP) is 9.85. The fourth-order valence-electron chi connectivity index (χ4n) is 5.80. The molecule has 0 amide bonds. The molecule has 8 rings (SSSR count). The lowest BCUT2D eigenvalue weighted by Gasteiger charge is -2.09. The molecule has 6 nitrogen and oxygen atoms in total. The molecule has 0 saturated carbocycles. The number of hydrogen-bond donors (Lipinski definition) is 0. The molecule has 0 aliphatic rings. The Hall–Kier alpha value is -6.89. The largest absolute Gasteiger partial charge is 0.455 e. The summed E-state index contributed by atoms with van der Waals surface area (Å²) in [5.74, 6) is 1.75. The third-order valence-corrected chi connectivity index (χ3v) is 8.20. The number of nitrogens with zero attached hydrogens (tertiary/aromatic N) is 5. The molecule has 0 unspecified atom stereocenters. The second kappa shape index (κ2) is 11.6. The van der Waals surface area contributed by atoms with Crippen LogP contribution in [0.4, 0.5) is 0 Å². The van der Waals surface area contributed by atoms with E-state index in [2.05, 4.69) is 30.3 Å². The third-order valence-electron chi connectivity index (χ3n) is 8.20. The molecule has 0 radical (unpaired) electrons. The number of rotatable bonds is 5. The molecule has 2 aromatic heterocycles. The molecule has 0 aliphatic carbocycles. The smallest absolute Gasteiger partial charge is 0.164 e. The zero-order valence-electron chi connectivity index (χ0n) is 24.9. The number of nitriles is 2. The van der Waals surface area contributed by atoms with E-state index in [0.717, 1.165) is 60.9 Å². The van der Waals surface area contributed by atoms with Crippen LogP contribution in [0.2, 0.25) is 0 Å². The lowest BCUT2D eigenvalue weighted by molar-refractivity contribution is 0.670. The van der Waals surface area contributed by atoms with Crippen molar-refractivity contribution in [3.05, 3.63) is 151 Å². The van der Waals surface area contributed by atoms with Gasteiger partial charge in [-0.3, -0.25) is 0 Å². The summed E-state index contributed by atoms with van der Waals surface area (Å²) in [7, 11) is 0. The Morgan fingerprint density at radius 1 is 0.426 bits per heavy atom. The maximum atomic E-state index is 9.38. The van der Waals surface area contributed by atoms with E-state index in [1.54, 1.807) is 0 Å². The van der Waals surface area contributed by atoms with E-state index in [0.29, 0.717) is 28.6 Å². The molecule has 8 aromatic rings. The molecule has 0 saturated heterocycles. The van der Waals surface area contributed by atoms with E-state index in [1.165, 1.54) is 0 Å². The summed E-state index contributed by atoms with van der Waals surface area (Å²) in [5.41, 5.74) is 9.10. The van der Waals surface area contributed by atoms with Crippen molar-refractivity contribution >= 4 is 21.9 Å². The number of fused-ring (bicyclic) bond motifs is 3. The van der Waals surface area contributed by atoms with Gasteiger partial charge in [0.25, 0.3) is 0 Å². The van der Waals surface area contributed by atoms with Crippen molar-refractivity contribution in [1.29, 1.82) is 10.5 Å². The van der Waals surface area contributed by atoms with Crippen LogP contribution >= 0.6 is 0 Å². The summed E-state index contributed by atoms with van der Waals surface area (Å²) < 4.78 is 6.54. The minimum Gasteiger partial charge on any atom is -0.455 e. The fourth-order valence-corrected chi connectivity index (χ4v) is 5.80. The van der Waals surface area contributed by atoms with E-state index in [9.17, 15) is 10.5 Å². The van der Waals surface area contributed by atoms with Crippen LogP contribution in [0.15, 0.2) is 144 Å². The van der Waals surface area contributed by atoms with Gasteiger partial charge in [0.2, 0.25) is 0 Å². The van der Waals surface area contributed by atoms with Gasteiger partial charge in [0.05, 0.1) is 23.3 Å². The van der Waals surface area contributed by atoms with Gasteiger partial charge < -0.3 is 4.42 Å². The topological polar surface area (TPSA) is 99.4 Å². The summed E-state index contributed by atoms with van der Waals surface area (Å²) in [6, 6.07) is 49.5. The van der Waals surface area contributed by atoms with Crippen molar-refractivity contribution in [3.63, 3.8) is 0 Å². The Morgan fingerprint density at radius 2 is 0.915 bits per heavy atom. The minimum atomic E-state index is 0.560. The number of furan rings is 1. The molecular formula is C41H23N5O. The van der Waals surface area contributed by atoms with Gasteiger partial charge in [0, 0.05) is 33.0 Å². The van der Waals surface area contributed by atoms with E-state index in [-0.39, 0.29) is 0 Å². The van der Waals surface area contributed by atoms with Gasteiger partial charge in [-0.15, -0.1) is 0 Å². The Bertz CT molecular complexity index is 2450. The highest BCUT2D eigenvalue weighted by Crippen LogP contribution is 2.41. The average molecular weight is 602 g/mol. The highest BCUT2D eigenvalue weighted by Gasteiger charge is 2.18. The lowest BCUT2D eigenvalue weighted by atomic mass is 9.95. The summed E-state index contributed by atoms with van der Waals surface area (Å²) in [5, 5.41) is 20.6. The summed E-state index contributed by atoms with van der Waals surface area (Å²) in [4.78, 5) is 14.7. The standard InChI is InChI=1S/C41H23N5O/c42-24-26-11-15-28(16-12-26)33-22-34(29-17-13-27(25-43)14-18-29)38-36(23-33)35-21-32(19-20-37(35)47-38)41-45-39(30-7-3-1-4-8-30)44-40(46-41)31-9-5-2-6-10-31/h1-23H. The fraction of sp³-hybridized carbons (Fsp3) is 0. The van der Waals surface area contributed by atoms with Crippen molar-refractivity contribution < 1.29 is 4.42 Å².